The van der Waals surface area contributed by atoms with Gasteiger partial charge in [-0.25, -0.2) is 8.42 Å². The number of benzene rings is 2. The molecule has 3 aromatic rings. The number of carbonyl (C=O) groups is 1. The van der Waals surface area contributed by atoms with Crippen LogP contribution < -0.4 is 9.62 Å². The van der Waals surface area contributed by atoms with Crippen molar-refractivity contribution in [2.75, 3.05) is 11.4 Å². The van der Waals surface area contributed by atoms with E-state index in [4.69, 9.17) is 0 Å². The zero-order valence-corrected chi connectivity index (χ0v) is 17.5. The van der Waals surface area contributed by atoms with Crippen LogP contribution in [-0.2, 0) is 10.0 Å². The van der Waals surface area contributed by atoms with Crippen LogP contribution in [0.5, 0.6) is 0 Å². The second kappa shape index (κ2) is 8.16. The van der Waals surface area contributed by atoms with E-state index in [0.717, 1.165) is 5.56 Å². The van der Waals surface area contributed by atoms with Gasteiger partial charge in [0.2, 0.25) is 0 Å². The van der Waals surface area contributed by atoms with E-state index < -0.39 is 10.0 Å². The molecule has 0 bridgehead atoms. The molecule has 1 N–H and O–H groups in total. The molecule has 5 nitrogen and oxygen atoms in total. The number of hydrogen-bond acceptors (Lipinski definition) is 4. The maximum Gasteiger partial charge on any atom is 0.273 e. The fraction of sp³-hybridized carbons (Fsp3) is 0.190. The van der Waals surface area contributed by atoms with Gasteiger partial charge in [0.05, 0.1) is 11.7 Å². The van der Waals surface area contributed by atoms with Crippen molar-refractivity contribution in [2.45, 2.75) is 24.1 Å². The molecule has 0 radical (unpaired) electrons. The minimum Gasteiger partial charge on any atom is -0.346 e. The molecule has 1 atom stereocenters. The van der Waals surface area contributed by atoms with Crippen molar-refractivity contribution in [3.05, 3.63) is 82.7 Å². The molecule has 0 aliphatic heterocycles. The number of anilines is 1. The molecule has 1 heterocycles. The molecule has 0 saturated heterocycles. The van der Waals surface area contributed by atoms with Gasteiger partial charge in [0, 0.05) is 12.6 Å². The number of nitrogens with zero attached hydrogens (tertiary/aromatic N) is 1. The predicted octanol–water partition coefficient (Wildman–Crippen LogP) is 4.37. The number of rotatable bonds is 6. The summed E-state index contributed by atoms with van der Waals surface area (Å²) in [4.78, 5) is 12.5. The largest absolute Gasteiger partial charge is 0.346 e. The minimum absolute atomic E-state index is 0.130. The zero-order valence-electron chi connectivity index (χ0n) is 15.9. The lowest BCUT2D eigenvalue weighted by Crippen LogP contribution is -2.27. The third-order valence-electron chi connectivity index (χ3n) is 4.53. The molecule has 0 fully saturated rings. The summed E-state index contributed by atoms with van der Waals surface area (Å²) in [6, 6.07) is 17.7. The van der Waals surface area contributed by atoms with Crippen molar-refractivity contribution in [1.82, 2.24) is 5.32 Å². The quantitative estimate of drug-likeness (QED) is 0.651. The molecular weight excluding hydrogens is 392 g/mol. The highest BCUT2D eigenvalue weighted by atomic mass is 32.2. The van der Waals surface area contributed by atoms with Gasteiger partial charge in [-0.2, -0.15) is 0 Å². The van der Waals surface area contributed by atoms with Crippen LogP contribution in [0.3, 0.4) is 0 Å². The zero-order chi connectivity index (χ0) is 20.3. The fourth-order valence-corrected chi connectivity index (χ4v) is 5.08. The first-order valence-corrected chi connectivity index (χ1v) is 11.1. The SMILES string of the molecule is Cc1ccc(C(C)NC(=O)c2ccc(N(C)S(=O)(=O)c3cccs3)cc2)cc1. The van der Waals surface area contributed by atoms with Gasteiger partial charge in [-0.1, -0.05) is 35.9 Å². The summed E-state index contributed by atoms with van der Waals surface area (Å²) >= 11 is 1.17. The van der Waals surface area contributed by atoms with Gasteiger partial charge in [0.25, 0.3) is 15.9 Å². The molecule has 1 amide bonds. The van der Waals surface area contributed by atoms with Crippen LogP contribution in [-0.4, -0.2) is 21.4 Å². The standard InChI is InChI=1S/C21H22N2O3S2/c1-15-6-8-17(9-7-15)16(2)22-21(24)18-10-12-19(13-11-18)23(3)28(25,26)20-5-4-14-27-20/h4-14,16H,1-3H3,(H,22,24). The molecule has 28 heavy (non-hydrogen) atoms. The van der Waals surface area contributed by atoms with Gasteiger partial charge in [0.15, 0.2) is 0 Å². The van der Waals surface area contributed by atoms with Crippen molar-refractivity contribution in [2.24, 2.45) is 0 Å². The van der Waals surface area contributed by atoms with Crippen LogP contribution in [0.1, 0.15) is 34.5 Å². The monoisotopic (exact) mass is 414 g/mol. The Morgan fingerprint density at radius 3 is 2.25 bits per heavy atom. The Kier molecular flexibility index (Phi) is 5.86. The topological polar surface area (TPSA) is 66.5 Å². The van der Waals surface area contributed by atoms with E-state index in [1.807, 2.05) is 38.1 Å². The van der Waals surface area contributed by atoms with Crippen molar-refractivity contribution < 1.29 is 13.2 Å². The average Bonchev–Trinajstić information content (AvgIpc) is 3.23. The van der Waals surface area contributed by atoms with Crippen LogP contribution in [0.2, 0.25) is 0 Å². The second-order valence-electron chi connectivity index (χ2n) is 6.56. The summed E-state index contributed by atoms with van der Waals surface area (Å²) in [7, 11) is -2.09. The molecule has 1 unspecified atom stereocenters. The number of thiophene rings is 1. The third kappa shape index (κ3) is 4.26. The number of sulfonamides is 1. The second-order valence-corrected chi connectivity index (χ2v) is 9.70. The van der Waals surface area contributed by atoms with Crippen LogP contribution in [0.25, 0.3) is 0 Å². The maximum atomic E-state index is 12.6. The van der Waals surface area contributed by atoms with E-state index in [0.29, 0.717) is 11.3 Å². The molecule has 0 spiro atoms. The van der Waals surface area contributed by atoms with Crippen molar-refractivity contribution >= 4 is 33.0 Å². The Balaban J connectivity index is 1.71. The Labute approximate surface area is 169 Å². The molecule has 0 aliphatic rings. The maximum absolute atomic E-state index is 12.6. The van der Waals surface area contributed by atoms with Gasteiger partial charge >= 0.3 is 0 Å². The number of aryl methyl sites for hydroxylation is 1. The van der Waals surface area contributed by atoms with E-state index in [1.165, 1.54) is 28.3 Å². The van der Waals surface area contributed by atoms with E-state index >= 15 is 0 Å². The minimum atomic E-state index is -3.59. The van der Waals surface area contributed by atoms with Gasteiger partial charge in [-0.3, -0.25) is 9.10 Å². The van der Waals surface area contributed by atoms with Crippen LogP contribution in [0, 0.1) is 6.92 Å². The average molecular weight is 415 g/mol. The fourth-order valence-electron chi connectivity index (χ4n) is 2.73. The Morgan fingerprint density at radius 1 is 1.04 bits per heavy atom. The molecule has 0 saturated carbocycles. The van der Waals surface area contributed by atoms with Crippen LogP contribution >= 0.6 is 11.3 Å². The predicted molar refractivity (Wildman–Crippen MR) is 113 cm³/mol. The Bertz CT molecular complexity index is 1040. The van der Waals surface area contributed by atoms with Crippen molar-refractivity contribution in [1.29, 1.82) is 0 Å². The molecule has 3 rings (SSSR count). The molecule has 1 aromatic heterocycles. The summed E-state index contributed by atoms with van der Waals surface area (Å²) in [5, 5.41) is 4.69. The van der Waals surface area contributed by atoms with E-state index in [-0.39, 0.29) is 16.2 Å². The first-order chi connectivity index (χ1) is 13.3. The van der Waals surface area contributed by atoms with Gasteiger partial charge in [-0.15, -0.1) is 11.3 Å². The molecule has 7 heteroatoms. The summed E-state index contributed by atoms with van der Waals surface area (Å²) in [5.74, 6) is -0.205. The Morgan fingerprint density at radius 2 is 1.68 bits per heavy atom. The lowest BCUT2D eigenvalue weighted by atomic mass is 10.1. The first-order valence-electron chi connectivity index (χ1n) is 8.79. The van der Waals surface area contributed by atoms with Gasteiger partial charge < -0.3 is 5.32 Å². The summed E-state index contributed by atoms with van der Waals surface area (Å²) in [5.41, 5.74) is 3.16. The highest BCUT2D eigenvalue weighted by Crippen LogP contribution is 2.25. The number of amides is 1. The highest BCUT2D eigenvalue weighted by molar-refractivity contribution is 7.94. The number of carbonyl (C=O) groups excluding carboxylic acids is 1. The third-order valence-corrected chi connectivity index (χ3v) is 7.69. The highest BCUT2D eigenvalue weighted by Gasteiger charge is 2.22. The molecule has 2 aromatic carbocycles. The molecular formula is C21H22N2O3S2. The van der Waals surface area contributed by atoms with Gasteiger partial charge in [0.1, 0.15) is 4.21 Å². The van der Waals surface area contributed by atoms with Crippen LogP contribution in [0.15, 0.2) is 70.3 Å². The number of hydrogen-bond donors (Lipinski definition) is 1. The van der Waals surface area contributed by atoms with E-state index in [2.05, 4.69) is 5.32 Å². The van der Waals surface area contributed by atoms with Crippen molar-refractivity contribution in [3.8, 4) is 0 Å². The lowest BCUT2D eigenvalue weighted by Gasteiger charge is -2.19. The van der Waals surface area contributed by atoms with E-state index in [9.17, 15) is 13.2 Å². The first kappa shape index (κ1) is 20.1. The van der Waals surface area contributed by atoms with Crippen LogP contribution in [0.4, 0.5) is 5.69 Å². The molecule has 0 aliphatic carbocycles. The lowest BCUT2D eigenvalue weighted by molar-refractivity contribution is 0.0940. The van der Waals surface area contributed by atoms with Gasteiger partial charge in [-0.05, 0) is 55.1 Å². The van der Waals surface area contributed by atoms with Crippen molar-refractivity contribution in [3.63, 3.8) is 0 Å². The summed E-state index contributed by atoms with van der Waals surface area (Å²) < 4.78 is 26.7. The smallest absolute Gasteiger partial charge is 0.273 e. The Hall–Kier alpha value is -2.64. The number of nitrogens with one attached hydrogen (secondary N) is 1. The summed E-state index contributed by atoms with van der Waals surface area (Å²) in [6.45, 7) is 3.95. The van der Waals surface area contributed by atoms with E-state index in [1.54, 1.807) is 41.8 Å². The molecule has 146 valence electrons. The normalized spacial score (nSPS) is 12.4. The summed E-state index contributed by atoms with van der Waals surface area (Å²) in [6.07, 6.45) is 0.